The summed E-state index contributed by atoms with van der Waals surface area (Å²) in [6.45, 7) is 3.29. The van der Waals surface area contributed by atoms with Crippen LogP contribution in [0.1, 0.15) is 4.88 Å². The van der Waals surface area contributed by atoms with Crippen molar-refractivity contribution in [1.82, 2.24) is 30.5 Å². The molecule has 5 heterocycles. The Hall–Kier alpha value is -3.15. The molecule has 11 heteroatoms. The Balaban J connectivity index is 1.58. The predicted molar refractivity (Wildman–Crippen MR) is 117 cm³/mol. The second-order valence-corrected chi connectivity index (χ2v) is 8.26. The van der Waals surface area contributed by atoms with Crippen molar-refractivity contribution in [3.63, 3.8) is 0 Å². The molecule has 4 aromatic heterocycles. The van der Waals surface area contributed by atoms with E-state index in [1.165, 1.54) is 7.11 Å². The SMILES string of the molecule is COCC(=O)NCc1cc2nc(-c3cncc4[nH]ncc34)nc(N3CCOCC3)c2s1. The van der Waals surface area contributed by atoms with Crippen LogP contribution in [0.5, 0.6) is 0 Å². The number of aromatic nitrogens is 5. The molecule has 160 valence electrons. The molecule has 1 fully saturated rings. The molecule has 2 N–H and O–H groups in total. The van der Waals surface area contributed by atoms with E-state index in [-0.39, 0.29) is 12.5 Å². The zero-order valence-electron chi connectivity index (χ0n) is 16.9. The zero-order valence-corrected chi connectivity index (χ0v) is 17.7. The first-order chi connectivity index (χ1) is 15.2. The molecule has 0 aliphatic carbocycles. The molecule has 1 amide bonds. The number of methoxy groups -OCH3 is 1. The maximum absolute atomic E-state index is 11.8. The predicted octanol–water partition coefficient (Wildman–Crippen LogP) is 1.73. The summed E-state index contributed by atoms with van der Waals surface area (Å²) in [6, 6.07) is 2.01. The lowest BCUT2D eigenvalue weighted by molar-refractivity contribution is -0.124. The third-order valence-electron chi connectivity index (χ3n) is 5.06. The molecule has 0 spiro atoms. The molecule has 1 aliphatic rings. The van der Waals surface area contributed by atoms with Gasteiger partial charge in [0.05, 0.1) is 47.9 Å². The van der Waals surface area contributed by atoms with Gasteiger partial charge in [0.1, 0.15) is 6.61 Å². The van der Waals surface area contributed by atoms with Gasteiger partial charge in [-0.05, 0) is 6.07 Å². The van der Waals surface area contributed by atoms with Gasteiger partial charge in [-0.3, -0.25) is 14.9 Å². The third kappa shape index (κ3) is 3.94. The quantitative estimate of drug-likeness (QED) is 0.466. The molecule has 1 saturated heterocycles. The fourth-order valence-electron chi connectivity index (χ4n) is 3.57. The average molecular weight is 440 g/mol. The van der Waals surface area contributed by atoms with Gasteiger partial charge < -0.3 is 19.7 Å². The molecule has 1 aliphatic heterocycles. The topological polar surface area (TPSA) is 118 Å². The lowest BCUT2D eigenvalue weighted by atomic mass is 10.2. The van der Waals surface area contributed by atoms with E-state index in [0.717, 1.165) is 50.5 Å². The normalized spacial score (nSPS) is 14.4. The first-order valence-electron chi connectivity index (χ1n) is 9.89. The number of nitrogens with zero attached hydrogens (tertiary/aromatic N) is 5. The van der Waals surface area contributed by atoms with Crippen LogP contribution in [0.2, 0.25) is 0 Å². The first kappa shape index (κ1) is 19.8. The Kier molecular flexibility index (Phi) is 5.45. The molecule has 4 aromatic rings. The van der Waals surface area contributed by atoms with E-state index in [4.69, 9.17) is 19.4 Å². The van der Waals surface area contributed by atoms with Crippen LogP contribution in [0, 0.1) is 0 Å². The van der Waals surface area contributed by atoms with E-state index in [1.807, 2.05) is 6.07 Å². The van der Waals surface area contributed by atoms with E-state index in [9.17, 15) is 4.79 Å². The lowest BCUT2D eigenvalue weighted by Crippen LogP contribution is -2.36. The third-order valence-corrected chi connectivity index (χ3v) is 6.18. The number of hydrogen-bond acceptors (Lipinski definition) is 9. The van der Waals surface area contributed by atoms with Crippen molar-refractivity contribution in [1.29, 1.82) is 0 Å². The van der Waals surface area contributed by atoms with Crippen LogP contribution in [-0.4, -0.2) is 71.1 Å². The number of amides is 1. The Labute approximate surface area is 181 Å². The standard InChI is InChI=1S/C20H21N7O3S/c1-29-11-17(28)22-7-12-6-15-18(31-12)20(27-2-4-30-5-3-27)25-19(24-15)14-8-21-10-16-13(14)9-23-26-16/h6,8-10H,2-5,7,11H2,1H3,(H,22,28)(H,23,26). The molecule has 31 heavy (non-hydrogen) atoms. The van der Waals surface area contributed by atoms with Gasteiger partial charge in [-0.15, -0.1) is 11.3 Å². The molecule has 0 unspecified atom stereocenters. The fraction of sp³-hybridized carbons (Fsp3) is 0.350. The average Bonchev–Trinajstić information content (AvgIpc) is 3.44. The van der Waals surface area contributed by atoms with Gasteiger partial charge in [0.25, 0.3) is 0 Å². The van der Waals surface area contributed by atoms with Gasteiger partial charge in [0.2, 0.25) is 5.91 Å². The van der Waals surface area contributed by atoms with Crippen molar-refractivity contribution in [2.75, 3.05) is 44.9 Å². The molecule has 0 saturated carbocycles. The smallest absolute Gasteiger partial charge is 0.246 e. The van der Waals surface area contributed by atoms with Crippen molar-refractivity contribution < 1.29 is 14.3 Å². The molecule has 10 nitrogen and oxygen atoms in total. The number of fused-ring (bicyclic) bond motifs is 2. The number of carbonyl (C=O) groups excluding carboxylic acids is 1. The van der Waals surface area contributed by atoms with Crippen LogP contribution in [0.25, 0.3) is 32.5 Å². The van der Waals surface area contributed by atoms with Crippen LogP contribution in [0.3, 0.4) is 0 Å². The van der Waals surface area contributed by atoms with Crippen molar-refractivity contribution in [3.05, 3.63) is 29.5 Å². The van der Waals surface area contributed by atoms with Crippen LogP contribution >= 0.6 is 11.3 Å². The lowest BCUT2D eigenvalue weighted by Gasteiger charge is -2.28. The Bertz CT molecular complexity index is 1230. The van der Waals surface area contributed by atoms with Crippen molar-refractivity contribution >= 4 is 44.2 Å². The summed E-state index contributed by atoms with van der Waals surface area (Å²) >= 11 is 1.59. The van der Waals surface area contributed by atoms with Gasteiger partial charge >= 0.3 is 0 Å². The van der Waals surface area contributed by atoms with Crippen molar-refractivity contribution in [3.8, 4) is 11.4 Å². The van der Waals surface area contributed by atoms with Crippen LogP contribution in [-0.2, 0) is 20.8 Å². The summed E-state index contributed by atoms with van der Waals surface area (Å²) < 4.78 is 11.4. The monoisotopic (exact) mass is 439 g/mol. The van der Waals surface area contributed by atoms with Gasteiger partial charge in [-0.2, -0.15) is 5.10 Å². The number of morpholine rings is 1. The zero-order chi connectivity index (χ0) is 21.2. The molecular weight excluding hydrogens is 418 g/mol. The highest BCUT2D eigenvalue weighted by Gasteiger charge is 2.21. The van der Waals surface area contributed by atoms with Gasteiger partial charge in [-0.25, -0.2) is 9.97 Å². The van der Waals surface area contributed by atoms with Crippen molar-refractivity contribution in [2.24, 2.45) is 0 Å². The van der Waals surface area contributed by atoms with Gasteiger partial charge in [-0.1, -0.05) is 0 Å². The maximum atomic E-state index is 11.8. The second kappa shape index (κ2) is 8.53. The number of rotatable bonds is 6. The summed E-state index contributed by atoms with van der Waals surface area (Å²) in [5.41, 5.74) is 2.50. The number of thiophene rings is 1. The molecule has 0 bridgehead atoms. The number of hydrogen-bond donors (Lipinski definition) is 2. The fourth-order valence-corrected chi connectivity index (χ4v) is 4.62. The second-order valence-electron chi connectivity index (χ2n) is 7.13. The van der Waals surface area contributed by atoms with Gasteiger partial charge in [0.15, 0.2) is 11.6 Å². The summed E-state index contributed by atoms with van der Waals surface area (Å²) in [5, 5.41) is 10.9. The van der Waals surface area contributed by atoms with Crippen molar-refractivity contribution in [2.45, 2.75) is 6.54 Å². The Morgan fingerprint density at radius 2 is 2.16 bits per heavy atom. The molecular formula is C20H21N7O3S. The summed E-state index contributed by atoms with van der Waals surface area (Å²) in [5.74, 6) is 1.32. The molecule has 0 radical (unpaired) electrons. The number of ether oxygens (including phenoxy) is 2. The largest absolute Gasteiger partial charge is 0.378 e. The summed E-state index contributed by atoms with van der Waals surface area (Å²) in [4.78, 5) is 29.1. The molecule has 0 atom stereocenters. The maximum Gasteiger partial charge on any atom is 0.246 e. The molecule has 0 aromatic carbocycles. The highest BCUT2D eigenvalue weighted by molar-refractivity contribution is 7.19. The van der Waals surface area contributed by atoms with Crippen LogP contribution < -0.4 is 10.2 Å². The molecule has 5 rings (SSSR count). The van der Waals surface area contributed by atoms with Crippen LogP contribution in [0.15, 0.2) is 24.7 Å². The van der Waals surface area contributed by atoms with E-state index >= 15 is 0 Å². The number of nitrogens with one attached hydrogen (secondary N) is 2. The summed E-state index contributed by atoms with van der Waals surface area (Å²) in [6.07, 6.45) is 5.26. The van der Waals surface area contributed by atoms with E-state index < -0.39 is 0 Å². The highest BCUT2D eigenvalue weighted by Crippen LogP contribution is 2.35. The minimum Gasteiger partial charge on any atom is -0.378 e. The first-order valence-corrected chi connectivity index (χ1v) is 10.7. The Morgan fingerprint density at radius 3 is 3.00 bits per heavy atom. The number of pyridine rings is 1. The summed E-state index contributed by atoms with van der Waals surface area (Å²) in [7, 11) is 1.50. The Morgan fingerprint density at radius 1 is 1.29 bits per heavy atom. The highest BCUT2D eigenvalue weighted by atomic mass is 32.1. The van der Waals surface area contributed by atoms with Crippen LogP contribution in [0.4, 0.5) is 5.82 Å². The minimum atomic E-state index is -0.155. The number of H-pyrrole nitrogens is 1. The number of aromatic amines is 1. The van der Waals surface area contributed by atoms with E-state index in [2.05, 4.69) is 25.4 Å². The van der Waals surface area contributed by atoms with E-state index in [1.54, 1.807) is 29.9 Å². The number of anilines is 1. The number of carbonyl (C=O) groups is 1. The van der Waals surface area contributed by atoms with E-state index in [0.29, 0.717) is 25.6 Å². The minimum absolute atomic E-state index is 0.0373. The van der Waals surface area contributed by atoms with Gasteiger partial charge in [0, 0.05) is 42.2 Å².